The molecular formula is C20H26N2O5. The number of carbonyl (C=O) groups excluding carboxylic acids is 2. The van der Waals surface area contributed by atoms with Gasteiger partial charge in [0.25, 0.3) is 0 Å². The minimum Gasteiger partial charge on any atom is -0.464 e. The lowest BCUT2D eigenvalue weighted by Crippen LogP contribution is -2.42. The van der Waals surface area contributed by atoms with Crippen LogP contribution < -0.4 is 15.0 Å². The molecule has 1 unspecified atom stereocenters. The Bertz CT molecular complexity index is 759. The molecule has 7 heteroatoms. The zero-order valence-electron chi connectivity index (χ0n) is 16.0. The van der Waals surface area contributed by atoms with Gasteiger partial charge in [-0.05, 0) is 56.7 Å². The standard InChI is InChI=1S/C20H26N2O5/c1-4-25-19(23)16-8-6-7-14-11-13-9-10-15(27-20(24)26-5-2)12-17(13)22(3)18(14)21-16/h9-10,12,16,21H,4-8,11H2,1-3H3. The number of fused-ring (bicyclic) bond motifs is 1. The Labute approximate surface area is 159 Å². The fraction of sp³-hybridized carbons (Fsp3) is 0.500. The number of anilines is 1. The quantitative estimate of drug-likeness (QED) is 0.641. The summed E-state index contributed by atoms with van der Waals surface area (Å²) in [5.74, 6) is 1.15. The molecule has 0 spiro atoms. The molecule has 0 saturated carbocycles. The van der Waals surface area contributed by atoms with Crippen LogP contribution in [0, 0.1) is 0 Å². The Morgan fingerprint density at radius 2 is 2.00 bits per heavy atom. The van der Waals surface area contributed by atoms with Crippen molar-refractivity contribution in [2.75, 3.05) is 25.2 Å². The summed E-state index contributed by atoms with van der Waals surface area (Å²) in [5, 5.41) is 3.37. The smallest absolute Gasteiger partial charge is 0.464 e. The third-order valence-corrected chi connectivity index (χ3v) is 4.81. The molecule has 2 aliphatic heterocycles. The lowest BCUT2D eigenvalue weighted by Gasteiger charge is -2.33. The summed E-state index contributed by atoms with van der Waals surface area (Å²) in [6.07, 6.45) is 2.70. The molecule has 0 bridgehead atoms. The van der Waals surface area contributed by atoms with Crippen molar-refractivity contribution in [2.24, 2.45) is 0 Å². The van der Waals surface area contributed by atoms with E-state index in [1.165, 1.54) is 5.57 Å². The van der Waals surface area contributed by atoms with Gasteiger partial charge in [0.05, 0.1) is 13.2 Å². The summed E-state index contributed by atoms with van der Waals surface area (Å²) >= 11 is 0. The van der Waals surface area contributed by atoms with Gasteiger partial charge in [-0.2, -0.15) is 0 Å². The maximum Gasteiger partial charge on any atom is 0.513 e. The molecule has 3 rings (SSSR count). The van der Waals surface area contributed by atoms with Gasteiger partial charge in [0, 0.05) is 18.8 Å². The van der Waals surface area contributed by atoms with Crippen LogP contribution in [-0.2, 0) is 20.7 Å². The average molecular weight is 374 g/mol. The number of benzene rings is 1. The van der Waals surface area contributed by atoms with Crippen LogP contribution in [0.3, 0.4) is 0 Å². The summed E-state index contributed by atoms with van der Waals surface area (Å²) in [4.78, 5) is 25.8. The normalized spacial score (nSPS) is 18.6. The summed E-state index contributed by atoms with van der Waals surface area (Å²) in [6.45, 7) is 4.18. The van der Waals surface area contributed by atoms with E-state index in [1.54, 1.807) is 13.0 Å². The van der Waals surface area contributed by atoms with Crippen molar-refractivity contribution >= 4 is 17.8 Å². The molecule has 0 radical (unpaired) electrons. The fourth-order valence-corrected chi connectivity index (χ4v) is 3.57. The highest BCUT2D eigenvalue weighted by molar-refractivity contribution is 5.77. The van der Waals surface area contributed by atoms with Crippen LogP contribution in [-0.4, -0.2) is 38.4 Å². The van der Waals surface area contributed by atoms with Crippen molar-refractivity contribution in [1.29, 1.82) is 0 Å². The van der Waals surface area contributed by atoms with Gasteiger partial charge in [-0.3, -0.25) is 0 Å². The molecule has 1 aromatic carbocycles. The minimum absolute atomic E-state index is 0.218. The van der Waals surface area contributed by atoms with Crippen LogP contribution in [0.25, 0.3) is 0 Å². The Hall–Kier alpha value is -2.70. The highest BCUT2D eigenvalue weighted by Gasteiger charge is 2.30. The Morgan fingerprint density at radius 3 is 2.74 bits per heavy atom. The van der Waals surface area contributed by atoms with E-state index < -0.39 is 6.16 Å². The summed E-state index contributed by atoms with van der Waals surface area (Å²) in [6, 6.07) is 5.22. The number of carbonyl (C=O) groups is 2. The fourth-order valence-electron chi connectivity index (χ4n) is 3.57. The predicted octanol–water partition coefficient (Wildman–Crippen LogP) is 3.13. The Morgan fingerprint density at radius 1 is 1.22 bits per heavy atom. The van der Waals surface area contributed by atoms with Gasteiger partial charge in [-0.15, -0.1) is 0 Å². The first-order valence-corrected chi connectivity index (χ1v) is 9.40. The second-order valence-corrected chi connectivity index (χ2v) is 6.60. The van der Waals surface area contributed by atoms with Crippen molar-refractivity contribution < 1.29 is 23.8 Å². The van der Waals surface area contributed by atoms with E-state index in [4.69, 9.17) is 14.2 Å². The summed E-state index contributed by atoms with van der Waals surface area (Å²) < 4.78 is 15.3. The molecule has 2 heterocycles. The Balaban J connectivity index is 1.82. The molecule has 7 nitrogen and oxygen atoms in total. The van der Waals surface area contributed by atoms with Gasteiger partial charge in [0.15, 0.2) is 0 Å². The van der Waals surface area contributed by atoms with Gasteiger partial charge >= 0.3 is 12.1 Å². The van der Waals surface area contributed by atoms with Crippen molar-refractivity contribution in [3.05, 3.63) is 35.2 Å². The lowest BCUT2D eigenvalue weighted by atomic mass is 9.95. The molecule has 27 heavy (non-hydrogen) atoms. The average Bonchev–Trinajstić information content (AvgIpc) is 2.86. The van der Waals surface area contributed by atoms with E-state index in [2.05, 4.69) is 5.32 Å². The van der Waals surface area contributed by atoms with Crippen molar-refractivity contribution in [1.82, 2.24) is 5.32 Å². The van der Waals surface area contributed by atoms with Crippen molar-refractivity contribution in [3.8, 4) is 5.75 Å². The van der Waals surface area contributed by atoms with Gasteiger partial charge < -0.3 is 24.4 Å². The topological polar surface area (TPSA) is 77.1 Å². The highest BCUT2D eigenvalue weighted by atomic mass is 16.7. The first kappa shape index (κ1) is 19.1. The predicted molar refractivity (Wildman–Crippen MR) is 101 cm³/mol. The number of allylic oxidation sites excluding steroid dienone is 1. The maximum absolute atomic E-state index is 12.2. The third kappa shape index (κ3) is 4.18. The first-order chi connectivity index (χ1) is 13.0. The number of ether oxygens (including phenoxy) is 3. The van der Waals surface area contributed by atoms with Crippen LogP contribution in [0.15, 0.2) is 29.6 Å². The number of esters is 1. The van der Waals surface area contributed by atoms with Crippen LogP contribution in [0.1, 0.15) is 38.7 Å². The van der Waals surface area contributed by atoms with E-state index in [-0.39, 0.29) is 18.6 Å². The molecule has 1 N–H and O–H groups in total. The van der Waals surface area contributed by atoms with Gasteiger partial charge in [0.1, 0.15) is 17.6 Å². The zero-order chi connectivity index (χ0) is 19.4. The minimum atomic E-state index is -0.717. The molecule has 146 valence electrons. The third-order valence-electron chi connectivity index (χ3n) is 4.81. The van der Waals surface area contributed by atoms with E-state index >= 15 is 0 Å². The number of hydrogen-bond donors (Lipinski definition) is 1. The van der Waals surface area contributed by atoms with E-state index in [1.807, 2.05) is 31.0 Å². The number of nitrogens with zero attached hydrogens (tertiary/aromatic N) is 1. The molecule has 0 fully saturated rings. The number of rotatable bonds is 4. The van der Waals surface area contributed by atoms with E-state index in [0.717, 1.165) is 42.8 Å². The second-order valence-electron chi connectivity index (χ2n) is 6.60. The molecular weight excluding hydrogens is 348 g/mol. The van der Waals surface area contributed by atoms with Crippen LogP contribution >= 0.6 is 0 Å². The summed E-state index contributed by atoms with van der Waals surface area (Å²) in [7, 11) is 1.95. The second kappa shape index (κ2) is 8.33. The van der Waals surface area contributed by atoms with Gasteiger partial charge in [-0.1, -0.05) is 6.07 Å². The first-order valence-electron chi connectivity index (χ1n) is 9.40. The molecule has 2 aliphatic rings. The zero-order valence-corrected chi connectivity index (χ0v) is 16.0. The SMILES string of the molecule is CCOC(=O)Oc1ccc2c(c1)N(C)C1=C(CCCC(C(=O)OCC)N1)C2. The number of nitrogens with one attached hydrogen (secondary N) is 1. The van der Waals surface area contributed by atoms with Crippen LogP contribution in [0.4, 0.5) is 10.5 Å². The molecule has 0 amide bonds. The number of hydrogen-bond acceptors (Lipinski definition) is 7. The lowest BCUT2D eigenvalue weighted by molar-refractivity contribution is -0.145. The van der Waals surface area contributed by atoms with Crippen molar-refractivity contribution in [2.45, 2.75) is 45.6 Å². The molecule has 0 aliphatic carbocycles. The van der Waals surface area contributed by atoms with Crippen LogP contribution in [0.2, 0.25) is 0 Å². The maximum atomic E-state index is 12.2. The van der Waals surface area contributed by atoms with Crippen LogP contribution in [0.5, 0.6) is 5.75 Å². The van der Waals surface area contributed by atoms with Gasteiger partial charge in [-0.25, -0.2) is 9.59 Å². The molecule has 0 saturated heterocycles. The van der Waals surface area contributed by atoms with E-state index in [0.29, 0.717) is 12.4 Å². The van der Waals surface area contributed by atoms with Crippen molar-refractivity contribution in [3.63, 3.8) is 0 Å². The highest BCUT2D eigenvalue weighted by Crippen LogP contribution is 2.37. The summed E-state index contributed by atoms with van der Waals surface area (Å²) in [5.41, 5.74) is 3.37. The molecule has 1 aromatic rings. The molecule has 0 aromatic heterocycles. The monoisotopic (exact) mass is 374 g/mol. The molecule has 1 atom stereocenters. The van der Waals surface area contributed by atoms with Gasteiger partial charge in [0.2, 0.25) is 0 Å². The van der Waals surface area contributed by atoms with E-state index in [9.17, 15) is 9.59 Å². The Kier molecular flexibility index (Phi) is 5.88. The largest absolute Gasteiger partial charge is 0.513 e.